The first kappa shape index (κ1) is 11.3. The van der Waals surface area contributed by atoms with Crippen LogP contribution in [0.4, 0.5) is 11.4 Å². The van der Waals surface area contributed by atoms with Crippen LogP contribution < -0.4 is 11.1 Å². The van der Waals surface area contributed by atoms with Crippen molar-refractivity contribution in [3.05, 3.63) is 23.8 Å². The zero-order chi connectivity index (χ0) is 11.6. The van der Waals surface area contributed by atoms with Gasteiger partial charge in [0.05, 0.1) is 11.4 Å². The lowest BCUT2D eigenvalue weighted by Crippen LogP contribution is -2.17. The first-order chi connectivity index (χ1) is 7.67. The molecule has 0 heterocycles. The van der Waals surface area contributed by atoms with Crippen LogP contribution in [-0.4, -0.2) is 18.3 Å². The van der Waals surface area contributed by atoms with Crippen molar-refractivity contribution < 1.29 is 5.11 Å². The molecule has 0 radical (unpaired) electrons. The van der Waals surface area contributed by atoms with Crippen LogP contribution in [0.2, 0.25) is 0 Å². The van der Waals surface area contributed by atoms with Crippen molar-refractivity contribution in [2.45, 2.75) is 26.2 Å². The quantitative estimate of drug-likeness (QED) is 0.666. The van der Waals surface area contributed by atoms with Crippen LogP contribution in [0.25, 0.3) is 0 Å². The fraction of sp³-hybridized carbons (Fsp3) is 0.538. The zero-order valence-corrected chi connectivity index (χ0v) is 9.79. The van der Waals surface area contributed by atoms with Crippen LogP contribution in [0.3, 0.4) is 0 Å². The molecule has 1 aliphatic carbocycles. The molecule has 1 aromatic carbocycles. The highest BCUT2D eigenvalue weighted by Gasteiger charge is 2.41. The molecule has 0 atom stereocenters. The van der Waals surface area contributed by atoms with Crippen LogP contribution >= 0.6 is 0 Å². The normalized spacial score (nSPS) is 17.1. The maximum atomic E-state index is 8.99. The summed E-state index contributed by atoms with van der Waals surface area (Å²) < 4.78 is 0. The number of anilines is 2. The summed E-state index contributed by atoms with van der Waals surface area (Å²) in [6, 6.07) is 6.04. The van der Waals surface area contributed by atoms with Crippen molar-refractivity contribution in [2.75, 3.05) is 24.2 Å². The third-order valence-corrected chi connectivity index (χ3v) is 3.58. The maximum Gasteiger partial charge on any atom is 0.0579 e. The number of benzene rings is 1. The monoisotopic (exact) mass is 220 g/mol. The summed E-state index contributed by atoms with van der Waals surface area (Å²) >= 11 is 0. The number of nitrogens with one attached hydrogen (secondary N) is 1. The molecule has 16 heavy (non-hydrogen) atoms. The SMILES string of the molecule is Cc1cccc(NCC2(CCO)CC2)c1N. The van der Waals surface area contributed by atoms with Gasteiger partial charge in [0.15, 0.2) is 0 Å². The van der Waals surface area contributed by atoms with E-state index in [1.165, 1.54) is 12.8 Å². The largest absolute Gasteiger partial charge is 0.397 e. The molecule has 0 saturated heterocycles. The van der Waals surface area contributed by atoms with Gasteiger partial charge in [-0.1, -0.05) is 12.1 Å². The zero-order valence-electron chi connectivity index (χ0n) is 9.79. The molecule has 1 fully saturated rings. The Bertz CT molecular complexity index is 372. The summed E-state index contributed by atoms with van der Waals surface area (Å²) in [5.41, 5.74) is 9.28. The number of nitrogen functional groups attached to an aromatic ring is 1. The van der Waals surface area contributed by atoms with E-state index < -0.39 is 0 Å². The van der Waals surface area contributed by atoms with Crippen molar-refractivity contribution in [2.24, 2.45) is 5.41 Å². The topological polar surface area (TPSA) is 58.3 Å². The first-order valence-corrected chi connectivity index (χ1v) is 5.87. The van der Waals surface area contributed by atoms with Gasteiger partial charge in [-0.2, -0.15) is 0 Å². The number of aliphatic hydroxyl groups excluding tert-OH is 1. The fourth-order valence-corrected chi connectivity index (χ4v) is 2.05. The van der Waals surface area contributed by atoms with Crippen molar-refractivity contribution in [3.63, 3.8) is 0 Å². The Morgan fingerprint density at radius 1 is 1.44 bits per heavy atom. The summed E-state index contributed by atoms with van der Waals surface area (Å²) in [5, 5.41) is 12.4. The molecule has 4 N–H and O–H groups in total. The van der Waals surface area contributed by atoms with Crippen molar-refractivity contribution in [1.29, 1.82) is 0 Å². The Morgan fingerprint density at radius 2 is 2.19 bits per heavy atom. The first-order valence-electron chi connectivity index (χ1n) is 5.87. The lowest BCUT2D eigenvalue weighted by atomic mass is 10.0. The second-order valence-corrected chi connectivity index (χ2v) is 4.86. The van der Waals surface area contributed by atoms with Crippen LogP contribution in [0.5, 0.6) is 0 Å². The molecule has 1 saturated carbocycles. The summed E-state index contributed by atoms with van der Waals surface area (Å²) in [6.45, 7) is 3.22. The molecule has 2 rings (SSSR count). The molecule has 3 nitrogen and oxygen atoms in total. The molecule has 0 aromatic heterocycles. The molecule has 0 spiro atoms. The number of aliphatic hydroxyl groups is 1. The number of hydrogen-bond donors (Lipinski definition) is 3. The number of rotatable bonds is 5. The van der Waals surface area contributed by atoms with E-state index in [9.17, 15) is 0 Å². The molecule has 0 bridgehead atoms. The highest BCUT2D eigenvalue weighted by atomic mass is 16.3. The number of nitrogens with two attached hydrogens (primary N) is 1. The van der Waals surface area contributed by atoms with Gasteiger partial charge in [0.2, 0.25) is 0 Å². The molecule has 0 amide bonds. The van der Waals surface area contributed by atoms with Gasteiger partial charge in [0.1, 0.15) is 0 Å². The summed E-state index contributed by atoms with van der Waals surface area (Å²) in [6.07, 6.45) is 3.32. The Balaban J connectivity index is 1.97. The van der Waals surface area contributed by atoms with Crippen LogP contribution in [0.1, 0.15) is 24.8 Å². The van der Waals surface area contributed by atoms with Crippen molar-refractivity contribution >= 4 is 11.4 Å². The number of hydrogen-bond acceptors (Lipinski definition) is 3. The molecule has 0 unspecified atom stereocenters. The second kappa shape index (κ2) is 4.34. The predicted molar refractivity (Wildman–Crippen MR) is 67.5 cm³/mol. The summed E-state index contributed by atoms with van der Waals surface area (Å²) in [4.78, 5) is 0. The van der Waals surface area contributed by atoms with Crippen LogP contribution in [0, 0.1) is 12.3 Å². The van der Waals surface area contributed by atoms with E-state index in [-0.39, 0.29) is 6.61 Å². The van der Waals surface area contributed by atoms with Gasteiger partial charge >= 0.3 is 0 Å². The molecular weight excluding hydrogens is 200 g/mol. The van der Waals surface area contributed by atoms with E-state index in [4.69, 9.17) is 10.8 Å². The highest BCUT2D eigenvalue weighted by molar-refractivity contribution is 5.69. The van der Waals surface area contributed by atoms with Gasteiger partial charge in [-0.3, -0.25) is 0 Å². The third-order valence-electron chi connectivity index (χ3n) is 3.58. The fourth-order valence-electron chi connectivity index (χ4n) is 2.05. The van der Waals surface area contributed by atoms with E-state index in [0.29, 0.717) is 5.41 Å². The smallest absolute Gasteiger partial charge is 0.0579 e. The molecule has 1 aliphatic rings. The van der Waals surface area contributed by atoms with E-state index in [2.05, 4.69) is 5.32 Å². The Hall–Kier alpha value is -1.22. The van der Waals surface area contributed by atoms with E-state index in [0.717, 1.165) is 29.9 Å². The molecular formula is C13H20N2O. The van der Waals surface area contributed by atoms with Gasteiger partial charge < -0.3 is 16.2 Å². The number of para-hydroxylation sites is 1. The van der Waals surface area contributed by atoms with Gasteiger partial charge in [-0.25, -0.2) is 0 Å². The average molecular weight is 220 g/mol. The Labute approximate surface area is 96.7 Å². The second-order valence-electron chi connectivity index (χ2n) is 4.86. The molecule has 88 valence electrons. The highest BCUT2D eigenvalue weighted by Crippen LogP contribution is 2.48. The van der Waals surface area contributed by atoms with Gasteiger partial charge in [0, 0.05) is 13.2 Å². The van der Waals surface area contributed by atoms with Gasteiger partial charge in [0.25, 0.3) is 0 Å². The Kier molecular flexibility index (Phi) is 3.06. The molecule has 3 heteroatoms. The minimum atomic E-state index is 0.283. The van der Waals surface area contributed by atoms with Gasteiger partial charge in [-0.15, -0.1) is 0 Å². The van der Waals surface area contributed by atoms with Crippen LogP contribution in [-0.2, 0) is 0 Å². The lowest BCUT2D eigenvalue weighted by Gasteiger charge is -2.17. The Morgan fingerprint density at radius 3 is 2.81 bits per heavy atom. The van der Waals surface area contributed by atoms with E-state index in [1.54, 1.807) is 0 Å². The molecule has 0 aliphatic heterocycles. The van der Waals surface area contributed by atoms with Crippen molar-refractivity contribution in [3.8, 4) is 0 Å². The lowest BCUT2D eigenvalue weighted by molar-refractivity contribution is 0.253. The van der Waals surface area contributed by atoms with E-state index in [1.807, 2.05) is 25.1 Å². The average Bonchev–Trinajstić information content (AvgIpc) is 3.02. The van der Waals surface area contributed by atoms with E-state index >= 15 is 0 Å². The minimum absolute atomic E-state index is 0.283. The summed E-state index contributed by atoms with van der Waals surface area (Å²) in [7, 11) is 0. The minimum Gasteiger partial charge on any atom is -0.397 e. The van der Waals surface area contributed by atoms with Crippen LogP contribution in [0.15, 0.2) is 18.2 Å². The van der Waals surface area contributed by atoms with Crippen molar-refractivity contribution in [1.82, 2.24) is 0 Å². The standard InChI is InChI=1S/C13H20N2O/c1-10-3-2-4-11(12(10)14)15-9-13(5-6-13)7-8-16/h2-4,15-16H,5-9,14H2,1H3. The van der Waals surface area contributed by atoms with Gasteiger partial charge in [-0.05, 0) is 43.2 Å². The summed E-state index contributed by atoms with van der Waals surface area (Å²) in [5.74, 6) is 0. The number of aryl methyl sites for hydroxylation is 1. The molecule has 1 aromatic rings. The predicted octanol–water partition coefficient (Wildman–Crippen LogP) is 2.15. The third kappa shape index (κ3) is 2.30. The maximum absolute atomic E-state index is 8.99.